The van der Waals surface area contributed by atoms with Crippen LogP contribution >= 0.6 is 11.6 Å². The molecule has 0 bridgehead atoms. The topological polar surface area (TPSA) is 128 Å². The van der Waals surface area contributed by atoms with Gasteiger partial charge in [-0.3, -0.25) is 14.4 Å². The van der Waals surface area contributed by atoms with Crippen LogP contribution in [0.1, 0.15) is 66.8 Å². The molecule has 42 heavy (non-hydrogen) atoms. The largest absolute Gasteiger partial charge is 0.448 e. The lowest BCUT2D eigenvalue weighted by Gasteiger charge is -2.38. The minimum absolute atomic E-state index is 0.0611. The summed E-state index contributed by atoms with van der Waals surface area (Å²) in [6.45, 7) is 8.12. The van der Waals surface area contributed by atoms with Gasteiger partial charge in [0.05, 0.1) is 34.3 Å². The zero-order valence-corrected chi connectivity index (χ0v) is 24.5. The van der Waals surface area contributed by atoms with Gasteiger partial charge in [0.2, 0.25) is 5.91 Å². The van der Waals surface area contributed by atoms with E-state index in [4.69, 9.17) is 16.3 Å². The first-order valence-corrected chi connectivity index (χ1v) is 13.6. The van der Waals surface area contributed by atoms with E-state index < -0.39 is 52.5 Å². The van der Waals surface area contributed by atoms with Crippen molar-refractivity contribution in [1.29, 1.82) is 5.26 Å². The number of rotatable bonds is 7. The quantitative estimate of drug-likeness (QED) is 0.369. The molecule has 9 nitrogen and oxygen atoms in total. The lowest BCUT2D eigenvalue weighted by Crippen LogP contribution is -2.52. The zero-order valence-electron chi connectivity index (χ0n) is 23.7. The van der Waals surface area contributed by atoms with Crippen molar-refractivity contribution in [1.82, 2.24) is 20.4 Å². The Morgan fingerprint density at radius 1 is 1.19 bits per heavy atom. The molecule has 1 saturated heterocycles. The summed E-state index contributed by atoms with van der Waals surface area (Å²) in [6.07, 6.45) is 1.02. The first-order valence-electron chi connectivity index (χ1n) is 13.3. The van der Waals surface area contributed by atoms with E-state index in [1.54, 1.807) is 31.7 Å². The summed E-state index contributed by atoms with van der Waals surface area (Å²) in [4.78, 5) is 40.6. The van der Waals surface area contributed by atoms with E-state index in [-0.39, 0.29) is 27.6 Å². The molecule has 1 aromatic heterocycles. The van der Waals surface area contributed by atoms with Gasteiger partial charge in [-0.1, -0.05) is 17.7 Å². The Kier molecular flexibility index (Phi) is 8.68. The van der Waals surface area contributed by atoms with Crippen LogP contribution in [0.15, 0.2) is 41.2 Å². The van der Waals surface area contributed by atoms with Gasteiger partial charge in [-0.25, -0.2) is 13.9 Å². The van der Waals surface area contributed by atoms with Crippen molar-refractivity contribution in [2.24, 2.45) is 5.41 Å². The fourth-order valence-corrected chi connectivity index (χ4v) is 5.36. The van der Waals surface area contributed by atoms with Crippen LogP contribution in [0.2, 0.25) is 5.02 Å². The predicted molar refractivity (Wildman–Crippen MR) is 151 cm³/mol. The van der Waals surface area contributed by atoms with E-state index in [9.17, 15) is 24.0 Å². The summed E-state index contributed by atoms with van der Waals surface area (Å²) in [6, 6.07) is 8.16. The fourth-order valence-electron chi connectivity index (χ4n) is 5.17. The Morgan fingerprint density at radius 2 is 1.90 bits per heavy atom. The second kappa shape index (κ2) is 11.9. The number of aromatic nitrogens is 2. The number of benzene rings is 2. The number of ether oxygens (including phenoxy) is 1. The van der Waals surface area contributed by atoms with E-state index in [0.29, 0.717) is 24.1 Å². The molecule has 0 saturated carbocycles. The average Bonchev–Trinajstić information content (AvgIpc) is 3.39. The van der Waals surface area contributed by atoms with Gasteiger partial charge in [0.25, 0.3) is 5.91 Å². The molecular weight excluding hydrogens is 568 g/mol. The van der Waals surface area contributed by atoms with Crippen LogP contribution in [0.3, 0.4) is 0 Å². The smallest absolute Gasteiger partial charge is 0.307 e. The lowest BCUT2D eigenvalue weighted by atomic mass is 9.84. The number of hydrogen-bond donors (Lipinski definition) is 2. The molecule has 12 heteroatoms. The third-order valence-corrected chi connectivity index (χ3v) is 7.70. The van der Waals surface area contributed by atoms with Crippen molar-refractivity contribution in [2.75, 3.05) is 0 Å². The number of likely N-dealkylation sites (tertiary alicyclic amines) is 1. The van der Waals surface area contributed by atoms with E-state index in [0.717, 1.165) is 6.07 Å². The highest BCUT2D eigenvalue weighted by molar-refractivity contribution is 6.30. The SMILES string of the molecule is Cc1cc(Oc2c(C)cc(C(=O)NC(C)C(=O)N3[C@H](c4ccc(F)c(Cl)c4)CC[C@@H]3C(C)(C)C#N)cc2F)c(=O)[nH]n1. The van der Waals surface area contributed by atoms with Gasteiger partial charge in [0.15, 0.2) is 17.3 Å². The number of carbonyl (C=O) groups is 2. The number of nitrogens with one attached hydrogen (secondary N) is 2. The third-order valence-electron chi connectivity index (χ3n) is 7.41. The summed E-state index contributed by atoms with van der Waals surface area (Å²) in [7, 11) is 0. The van der Waals surface area contributed by atoms with Crippen molar-refractivity contribution >= 4 is 23.4 Å². The Bertz CT molecular complexity index is 1630. The molecule has 0 spiro atoms. The molecule has 0 aliphatic carbocycles. The molecule has 2 amide bonds. The molecule has 2 heterocycles. The average molecular weight is 598 g/mol. The van der Waals surface area contributed by atoms with Crippen LogP contribution in [0.5, 0.6) is 11.5 Å². The monoisotopic (exact) mass is 597 g/mol. The molecule has 2 aromatic carbocycles. The van der Waals surface area contributed by atoms with Crippen molar-refractivity contribution in [2.45, 2.75) is 65.6 Å². The maximum Gasteiger partial charge on any atom is 0.307 e. The van der Waals surface area contributed by atoms with E-state index in [2.05, 4.69) is 21.6 Å². The Balaban J connectivity index is 1.57. The van der Waals surface area contributed by atoms with Gasteiger partial charge in [-0.05, 0) is 82.9 Å². The Labute approximate surface area is 246 Å². The van der Waals surface area contributed by atoms with Crippen LogP contribution in [-0.4, -0.2) is 39.0 Å². The highest BCUT2D eigenvalue weighted by Crippen LogP contribution is 2.44. The van der Waals surface area contributed by atoms with Gasteiger partial charge in [0, 0.05) is 11.6 Å². The summed E-state index contributed by atoms with van der Waals surface area (Å²) in [5.41, 5.74) is -0.301. The molecule has 2 N–H and O–H groups in total. The molecule has 220 valence electrons. The zero-order chi connectivity index (χ0) is 30.9. The minimum Gasteiger partial charge on any atom is -0.448 e. The fraction of sp³-hybridized carbons (Fsp3) is 0.367. The van der Waals surface area contributed by atoms with Gasteiger partial charge < -0.3 is 15.0 Å². The van der Waals surface area contributed by atoms with Crippen molar-refractivity contribution < 1.29 is 23.1 Å². The molecule has 1 fully saturated rings. The van der Waals surface area contributed by atoms with Crippen molar-refractivity contribution in [3.8, 4) is 17.6 Å². The second-order valence-corrected chi connectivity index (χ2v) is 11.4. The number of aromatic amines is 1. The molecule has 3 atom stereocenters. The van der Waals surface area contributed by atoms with Gasteiger partial charge >= 0.3 is 5.56 Å². The number of hydrogen-bond acceptors (Lipinski definition) is 6. The number of halogens is 3. The summed E-state index contributed by atoms with van der Waals surface area (Å²) >= 11 is 6.02. The standard InChI is InChI=1S/C30H30ClF2N5O4/c1-15-10-19(13-22(33)26(15)42-24-11-16(2)36-37-28(24)40)27(39)35-17(3)29(41)38-23(8-9-25(38)30(4,5)14-34)18-6-7-21(32)20(31)12-18/h6-7,10-13,17,23,25H,8-9H2,1-5H3,(H,35,39)(H,37,40)/t17?,23-,25+/m0/s1. The minimum atomic E-state index is -1.05. The second-order valence-electron chi connectivity index (χ2n) is 11.0. The van der Waals surface area contributed by atoms with Crippen LogP contribution in [0, 0.1) is 42.2 Å². The number of nitriles is 1. The molecule has 1 aliphatic heterocycles. The number of amides is 2. The molecule has 0 radical (unpaired) electrons. The highest BCUT2D eigenvalue weighted by atomic mass is 35.5. The molecule has 3 aromatic rings. The molecule has 4 rings (SSSR count). The number of carbonyl (C=O) groups excluding carboxylic acids is 2. The van der Waals surface area contributed by atoms with Crippen molar-refractivity contribution in [3.63, 3.8) is 0 Å². The highest BCUT2D eigenvalue weighted by Gasteiger charge is 2.46. The third kappa shape index (κ3) is 6.14. The van der Waals surface area contributed by atoms with Crippen molar-refractivity contribution in [3.05, 3.63) is 85.8 Å². The normalized spacial score (nSPS) is 17.5. The molecule has 1 unspecified atom stereocenters. The first-order chi connectivity index (χ1) is 19.7. The molecular formula is C30H30ClF2N5O4. The van der Waals surface area contributed by atoms with Crippen LogP contribution in [-0.2, 0) is 4.79 Å². The predicted octanol–water partition coefficient (Wildman–Crippen LogP) is 5.51. The maximum atomic E-state index is 15.1. The van der Waals surface area contributed by atoms with Crippen LogP contribution < -0.4 is 15.6 Å². The van der Waals surface area contributed by atoms with E-state index in [1.807, 2.05) is 0 Å². The van der Waals surface area contributed by atoms with E-state index in [1.165, 1.54) is 38.1 Å². The number of nitrogens with zero attached hydrogens (tertiary/aromatic N) is 3. The van der Waals surface area contributed by atoms with Gasteiger partial charge in [-0.15, -0.1) is 0 Å². The summed E-state index contributed by atoms with van der Waals surface area (Å²) in [5.74, 6) is -3.02. The Morgan fingerprint density at radius 3 is 2.55 bits per heavy atom. The summed E-state index contributed by atoms with van der Waals surface area (Å²) < 4.78 is 34.4. The lowest BCUT2D eigenvalue weighted by molar-refractivity contribution is -0.137. The van der Waals surface area contributed by atoms with Gasteiger partial charge in [-0.2, -0.15) is 10.4 Å². The number of H-pyrrole nitrogens is 1. The molecule has 1 aliphatic rings. The maximum absolute atomic E-state index is 15.1. The van der Waals surface area contributed by atoms with Crippen LogP contribution in [0.4, 0.5) is 8.78 Å². The number of aryl methyl sites for hydroxylation is 2. The van der Waals surface area contributed by atoms with Crippen LogP contribution in [0.25, 0.3) is 0 Å². The van der Waals surface area contributed by atoms with E-state index >= 15 is 4.39 Å². The van der Waals surface area contributed by atoms with Gasteiger partial charge in [0.1, 0.15) is 11.9 Å². The summed E-state index contributed by atoms with van der Waals surface area (Å²) in [5, 5.41) is 18.4. The first kappa shape index (κ1) is 30.7. The Hall–Kier alpha value is -4.30.